The molecular weight excluding hydrogens is 333 g/mol. The first-order valence-corrected chi connectivity index (χ1v) is 7.32. The zero-order valence-corrected chi connectivity index (χ0v) is 12.7. The first kappa shape index (κ1) is 15.7. The van der Waals surface area contributed by atoms with Gasteiger partial charge in [-0.2, -0.15) is 0 Å². The molecule has 0 bridgehead atoms. The number of rotatable bonds is 2. The number of aromatic nitrogens is 1. The second-order valence-corrected chi connectivity index (χ2v) is 5.92. The van der Waals surface area contributed by atoms with Crippen molar-refractivity contribution in [1.82, 2.24) is 4.57 Å². The molecule has 0 saturated carbocycles. The van der Waals surface area contributed by atoms with Crippen molar-refractivity contribution in [2.45, 2.75) is 24.5 Å². The van der Waals surface area contributed by atoms with Crippen molar-refractivity contribution in [1.29, 1.82) is 0 Å². The summed E-state index contributed by atoms with van der Waals surface area (Å²) in [7, 11) is 0. The summed E-state index contributed by atoms with van der Waals surface area (Å²) in [6.07, 6.45) is -3.19. The average molecular weight is 346 g/mol. The minimum Gasteiger partial charge on any atom is -0.394 e. The fourth-order valence-electron chi connectivity index (χ4n) is 2.56. The molecular formula is C14H13Cl2NO5. The summed E-state index contributed by atoms with van der Waals surface area (Å²) in [6, 6.07) is 4.65. The molecule has 22 heavy (non-hydrogen) atoms. The van der Waals surface area contributed by atoms with Crippen molar-refractivity contribution < 1.29 is 20.1 Å². The van der Waals surface area contributed by atoms with Crippen molar-refractivity contribution in [3.8, 4) is 0 Å². The van der Waals surface area contributed by atoms with Gasteiger partial charge in [-0.3, -0.25) is 9.36 Å². The van der Waals surface area contributed by atoms with Crippen molar-refractivity contribution in [3.05, 3.63) is 44.8 Å². The number of hydrogen-bond donors (Lipinski definition) is 3. The number of aliphatic hydroxyl groups is 3. The van der Waals surface area contributed by atoms with Crippen LogP contribution in [0.4, 0.5) is 0 Å². The molecule has 4 atom stereocenters. The lowest BCUT2D eigenvalue weighted by Gasteiger charge is -2.18. The number of halogens is 2. The maximum absolute atomic E-state index is 12.6. The summed E-state index contributed by atoms with van der Waals surface area (Å²) >= 11 is 11.9. The van der Waals surface area contributed by atoms with Gasteiger partial charge >= 0.3 is 0 Å². The first-order chi connectivity index (χ1) is 10.4. The van der Waals surface area contributed by atoms with Crippen LogP contribution in [0.15, 0.2) is 29.2 Å². The van der Waals surface area contributed by atoms with Crippen molar-refractivity contribution >= 4 is 34.0 Å². The Morgan fingerprint density at radius 1 is 1.18 bits per heavy atom. The average Bonchev–Trinajstić information content (AvgIpc) is 2.78. The molecule has 0 aliphatic carbocycles. The minimum absolute atomic E-state index is 0.241. The number of hydrogen-bond acceptors (Lipinski definition) is 5. The van der Waals surface area contributed by atoms with E-state index >= 15 is 0 Å². The molecule has 0 amide bonds. The molecule has 1 fully saturated rings. The predicted molar refractivity (Wildman–Crippen MR) is 81.2 cm³/mol. The maximum atomic E-state index is 12.6. The molecule has 1 saturated heterocycles. The Kier molecular flexibility index (Phi) is 4.15. The highest BCUT2D eigenvalue weighted by Gasteiger charge is 2.43. The van der Waals surface area contributed by atoms with Gasteiger partial charge in [-0.15, -0.1) is 0 Å². The zero-order chi connectivity index (χ0) is 16.0. The summed E-state index contributed by atoms with van der Waals surface area (Å²) in [6.45, 7) is -0.460. The standard InChI is InChI=1S/C14H13Cl2NO5/c15-8-3-6-1-2-17(13(21)7(6)4-9(8)16)14-12(20)11(19)10(5-18)22-14/h1-4,10-12,14,18-20H,5H2/t10-,11-,12+,14-/m1/s1. The number of aliphatic hydroxyl groups excluding tert-OH is 3. The highest BCUT2D eigenvalue weighted by atomic mass is 35.5. The largest absolute Gasteiger partial charge is 0.394 e. The fourth-order valence-corrected chi connectivity index (χ4v) is 2.90. The quantitative estimate of drug-likeness (QED) is 0.752. The molecule has 0 radical (unpaired) electrons. The van der Waals surface area contributed by atoms with E-state index in [4.69, 9.17) is 33.0 Å². The fraction of sp³-hybridized carbons (Fsp3) is 0.357. The van der Waals surface area contributed by atoms with Gasteiger partial charge in [0.15, 0.2) is 6.23 Å². The summed E-state index contributed by atoms with van der Waals surface area (Å²) in [5.74, 6) is 0. The molecule has 1 aromatic carbocycles. The van der Waals surface area contributed by atoms with Gasteiger partial charge in [0, 0.05) is 11.6 Å². The van der Waals surface area contributed by atoms with Crippen LogP contribution < -0.4 is 5.56 Å². The van der Waals surface area contributed by atoms with Crippen LogP contribution in [-0.4, -0.2) is 44.8 Å². The van der Waals surface area contributed by atoms with Crippen LogP contribution >= 0.6 is 23.2 Å². The zero-order valence-electron chi connectivity index (χ0n) is 11.2. The van der Waals surface area contributed by atoms with Gasteiger partial charge in [0.2, 0.25) is 0 Å². The Bertz CT molecular complexity index is 778. The summed E-state index contributed by atoms with van der Waals surface area (Å²) in [4.78, 5) is 12.6. The van der Waals surface area contributed by atoms with Gasteiger partial charge < -0.3 is 20.1 Å². The van der Waals surface area contributed by atoms with Gasteiger partial charge in [-0.1, -0.05) is 23.2 Å². The van der Waals surface area contributed by atoms with Gasteiger partial charge in [0.05, 0.1) is 16.7 Å². The van der Waals surface area contributed by atoms with Gasteiger partial charge in [0.25, 0.3) is 5.56 Å². The summed E-state index contributed by atoms with van der Waals surface area (Å²) < 4.78 is 6.52. The number of pyridine rings is 1. The van der Waals surface area contributed by atoms with Crippen LogP contribution in [0.2, 0.25) is 10.0 Å². The molecule has 1 aliphatic heterocycles. The maximum Gasteiger partial charge on any atom is 0.260 e. The first-order valence-electron chi connectivity index (χ1n) is 6.56. The highest BCUT2D eigenvalue weighted by molar-refractivity contribution is 6.42. The van der Waals surface area contributed by atoms with Gasteiger partial charge in [-0.25, -0.2) is 0 Å². The number of fused-ring (bicyclic) bond motifs is 1. The molecule has 3 rings (SSSR count). The molecule has 6 nitrogen and oxygen atoms in total. The molecule has 2 aromatic rings. The summed E-state index contributed by atoms with van der Waals surface area (Å²) in [5.41, 5.74) is -0.439. The van der Waals surface area contributed by atoms with E-state index in [1.807, 2.05) is 0 Å². The monoisotopic (exact) mass is 345 g/mol. The van der Waals surface area contributed by atoms with E-state index in [0.717, 1.165) is 4.57 Å². The molecule has 118 valence electrons. The van der Waals surface area contributed by atoms with Crippen LogP contribution in [0.1, 0.15) is 6.23 Å². The number of nitrogens with zero attached hydrogens (tertiary/aromatic N) is 1. The molecule has 3 N–H and O–H groups in total. The Labute approximate surface area is 135 Å². The Morgan fingerprint density at radius 2 is 1.86 bits per heavy atom. The second-order valence-electron chi connectivity index (χ2n) is 5.11. The van der Waals surface area contributed by atoms with E-state index in [1.54, 1.807) is 12.1 Å². The van der Waals surface area contributed by atoms with Crippen molar-refractivity contribution in [2.75, 3.05) is 6.61 Å². The third-order valence-corrected chi connectivity index (χ3v) is 4.49. The number of benzene rings is 1. The predicted octanol–water partition coefficient (Wildman–Crippen LogP) is 0.920. The normalized spacial score (nSPS) is 28.4. The lowest BCUT2D eigenvalue weighted by molar-refractivity contribution is -0.0541. The lowest BCUT2D eigenvalue weighted by Crippen LogP contribution is -2.35. The molecule has 1 aliphatic rings. The SMILES string of the molecule is O=c1c2cc(Cl)c(Cl)cc2ccn1[C@@H]1O[C@H](CO)[C@@H](O)[C@@H]1O. The van der Waals surface area contributed by atoms with Crippen molar-refractivity contribution in [2.24, 2.45) is 0 Å². The Hall–Kier alpha value is -1.15. The molecule has 0 spiro atoms. The van der Waals surface area contributed by atoms with E-state index < -0.39 is 36.7 Å². The van der Waals surface area contributed by atoms with Crippen LogP contribution in [-0.2, 0) is 4.74 Å². The van der Waals surface area contributed by atoms with Crippen LogP contribution in [0.5, 0.6) is 0 Å². The second kappa shape index (κ2) is 5.81. The van der Waals surface area contributed by atoms with E-state index in [0.29, 0.717) is 15.8 Å². The smallest absolute Gasteiger partial charge is 0.260 e. The van der Waals surface area contributed by atoms with Crippen LogP contribution in [0, 0.1) is 0 Å². The van der Waals surface area contributed by atoms with Crippen LogP contribution in [0.25, 0.3) is 10.8 Å². The highest BCUT2D eigenvalue weighted by Crippen LogP contribution is 2.30. The summed E-state index contributed by atoms with van der Waals surface area (Å²) in [5, 5.41) is 30.4. The van der Waals surface area contributed by atoms with Crippen molar-refractivity contribution in [3.63, 3.8) is 0 Å². The van der Waals surface area contributed by atoms with E-state index in [1.165, 1.54) is 12.3 Å². The van der Waals surface area contributed by atoms with Crippen LogP contribution in [0.3, 0.4) is 0 Å². The minimum atomic E-state index is -1.32. The van der Waals surface area contributed by atoms with E-state index in [-0.39, 0.29) is 5.02 Å². The molecule has 8 heteroatoms. The van der Waals surface area contributed by atoms with E-state index in [9.17, 15) is 15.0 Å². The molecule has 0 unspecified atom stereocenters. The third kappa shape index (κ3) is 2.42. The molecule has 1 aromatic heterocycles. The number of ether oxygens (including phenoxy) is 1. The third-order valence-electron chi connectivity index (χ3n) is 3.76. The Balaban J connectivity index is 2.11. The van der Waals surface area contributed by atoms with Gasteiger partial charge in [-0.05, 0) is 23.6 Å². The Morgan fingerprint density at radius 3 is 2.50 bits per heavy atom. The van der Waals surface area contributed by atoms with E-state index in [2.05, 4.69) is 0 Å². The lowest BCUT2D eigenvalue weighted by atomic mass is 10.1. The molecule has 2 heterocycles. The topological polar surface area (TPSA) is 91.9 Å². The van der Waals surface area contributed by atoms with Gasteiger partial charge in [0.1, 0.15) is 18.3 Å².